The summed E-state index contributed by atoms with van der Waals surface area (Å²) in [5.41, 5.74) is 0. The molecule has 1 aromatic rings. The summed E-state index contributed by atoms with van der Waals surface area (Å²) in [5.74, 6) is 4.79. The van der Waals surface area contributed by atoms with Gasteiger partial charge in [-0.3, -0.25) is 0 Å². The molecule has 0 bridgehead atoms. The van der Waals surface area contributed by atoms with Gasteiger partial charge >= 0.3 is 0 Å². The van der Waals surface area contributed by atoms with E-state index >= 15 is 0 Å². The molecule has 2 aliphatic rings. The number of rotatable bonds is 7. The van der Waals surface area contributed by atoms with Crippen LogP contribution < -0.4 is 5.32 Å². The maximum atomic E-state index is 5.90. The average Bonchev–Trinajstić information content (AvgIpc) is 2.82. The first-order valence-electron chi connectivity index (χ1n) is 7.52. The summed E-state index contributed by atoms with van der Waals surface area (Å²) >= 11 is 0. The molecule has 3 rings (SSSR count). The molecule has 18 heavy (non-hydrogen) atoms. The minimum atomic E-state index is 0.674. The number of nitrogens with zero attached hydrogens (tertiary/aromatic N) is 1. The number of hydrogen-bond acceptors (Lipinski definition) is 3. The molecule has 2 aliphatic carbocycles. The number of fused-ring (bicyclic) bond motifs is 1. The lowest BCUT2D eigenvalue weighted by molar-refractivity contribution is 0.407. The van der Waals surface area contributed by atoms with Crippen LogP contribution in [0.5, 0.6) is 0 Å². The fourth-order valence-corrected chi connectivity index (χ4v) is 3.24. The van der Waals surface area contributed by atoms with E-state index in [1.807, 2.05) is 6.20 Å². The van der Waals surface area contributed by atoms with Crippen LogP contribution in [0.1, 0.15) is 56.6 Å². The zero-order valence-corrected chi connectivity index (χ0v) is 11.3. The Morgan fingerprint density at radius 2 is 2.11 bits per heavy atom. The summed E-state index contributed by atoms with van der Waals surface area (Å²) in [6, 6.07) is 0. The Balaban J connectivity index is 1.42. The van der Waals surface area contributed by atoms with E-state index in [1.165, 1.54) is 25.7 Å². The highest BCUT2D eigenvalue weighted by molar-refractivity contribution is 5.11. The smallest absolute Gasteiger partial charge is 0.194 e. The lowest BCUT2D eigenvalue weighted by atomic mass is 10.0. The van der Waals surface area contributed by atoms with Crippen molar-refractivity contribution in [1.29, 1.82) is 0 Å². The van der Waals surface area contributed by atoms with Gasteiger partial charge in [0, 0.05) is 12.3 Å². The molecule has 2 unspecified atom stereocenters. The van der Waals surface area contributed by atoms with Crippen molar-refractivity contribution in [3.05, 3.63) is 17.8 Å². The highest BCUT2D eigenvalue weighted by atomic mass is 16.4. The van der Waals surface area contributed by atoms with Gasteiger partial charge in [-0.15, -0.1) is 0 Å². The minimum Gasteiger partial charge on any atom is -0.445 e. The van der Waals surface area contributed by atoms with Crippen LogP contribution in [0.3, 0.4) is 0 Å². The third kappa shape index (κ3) is 2.77. The fraction of sp³-hybridized carbons (Fsp3) is 0.800. The second kappa shape index (κ2) is 5.43. The normalized spacial score (nSPS) is 29.5. The van der Waals surface area contributed by atoms with Crippen LogP contribution in [-0.2, 0) is 6.42 Å². The van der Waals surface area contributed by atoms with Crippen molar-refractivity contribution < 1.29 is 4.42 Å². The van der Waals surface area contributed by atoms with E-state index in [-0.39, 0.29) is 0 Å². The predicted octanol–water partition coefficient (Wildman–Crippen LogP) is 3.12. The van der Waals surface area contributed by atoms with Crippen molar-refractivity contribution in [2.75, 3.05) is 13.1 Å². The molecule has 3 heteroatoms. The lowest BCUT2D eigenvalue weighted by Crippen LogP contribution is -2.16. The SMILES string of the molecule is CCCNCCCc1ncc(C2CC3CC3C2)o1. The number of nitrogens with one attached hydrogen (secondary N) is 1. The largest absolute Gasteiger partial charge is 0.445 e. The molecule has 1 heterocycles. The monoisotopic (exact) mass is 248 g/mol. The van der Waals surface area contributed by atoms with Crippen molar-refractivity contribution in [1.82, 2.24) is 10.3 Å². The van der Waals surface area contributed by atoms with Crippen LogP contribution >= 0.6 is 0 Å². The third-order valence-electron chi connectivity index (χ3n) is 4.39. The van der Waals surface area contributed by atoms with Crippen LogP contribution in [-0.4, -0.2) is 18.1 Å². The van der Waals surface area contributed by atoms with Crippen molar-refractivity contribution in [2.45, 2.75) is 51.4 Å². The van der Waals surface area contributed by atoms with Gasteiger partial charge in [-0.25, -0.2) is 4.98 Å². The van der Waals surface area contributed by atoms with Crippen LogP contribution in [0, 0.1) is 11.8 Å². The van der Waals surface area contributed by atoms with Crippen molar-refractivity contribution in [3.63, 3.8) is 0 Å². The first kappa shape index (κ1) is 12.2. The van der Waals surface area contributed by atoms with Crippen LogP contribution in [0.25, 0.3) is 0 Å². The Hall–Kier alpha value is -0.830. The fourth-order valence-electron chi connectivity index (χ4n) is 3.24. The van der Waals surface area contributed by atoms with Crippen LogP contribution in [0.4, 0.5) is 0 Å². The molecule has 2 saturated carbocycles. The van der Waals surface area contributed by atoms with E-state index in [0.717, 1.165) is 49.4 Å². The zero-order chi connectivity index (χ0) is 12.4. The van der Waals surface area contributed by atoms with E-state index in [0.29, 0.717) is 5.92 Å². The molecule has 100 valence electrons. The van der Waals surface area contributed by atoms with E-state index in [9.17, 15) is 0 Å². The number of oxazole rings is 1. The van der Waals surface area contributed by atoms with Gasteiger partial charge < -0.3 is 9.73 Å². The Morgan fingerprint density at radius 3 is 2.89 bits per heavy atom. The quantitative estimate of drug-likeness (QED) is 0.753. The molecule has 1 N–H and O–H groups in total. The molecule has 0 spiro atoms. The molecule has 3 nitrogen and oxygen atoms in total. The molecule has 2 atom stereocenters. The van der Waals surface area contributed by atoms with E-state index in [4.69, 9.17) is 4.42 Å². The molecule has 0 radical (unpaired) electrons. The van der Waals surface area contributed by atoms with Gasteiger partial charge in [-0.05, 0) is 57.0 Å². The topological polar surface area (TPSA) is 38.1 Å². The molecule has 2 fully saturated rings. The van der Waals surface area contributed by atoms with Gasteiger partial charge in [0.2, 0.25) is 0 Å². The van der Waals surface area contributed by atoms with Crippen molar-refractivity contribution >= 4 is 0 Å². The van der Waals surface area contributed by atoms with Crippen molar-refractivity contribution in [3.8, 4) is 0 Å². The van der Waals surface area contributed by atoms with Gasteiger partial charge in [0.05, 0.1) is 6.20 Å². The maximum Gasteiger partial charge on any atom is 0.194 e. The van der Waals surface area contributed by atoms with E-state index < -0.39 is 0 Å². The van der Waals surface area contributed by atoms with Gasteiger partial charge in [0.25, 0.3) is 0 Å². The Bertz CT molecular complexity index is 378. The second-order valence-electron chi connectivity index (χ2n) is 5.93. The van der Waals surface area contributed by atoms with Crippen LogP contribution in [0.2, 0.25) is 0 Å². The van der Waals surface area contributed by atoms with Crippen molar-refractivity contribution in [2.24, 2.45) is 11.8 Å². The molecular weight excluding hydrogens is 224 g/mol. The van der Waals surface area contributed by atoms with Gasteiger partial charge in [-0.1, -0.05) is 6.92 Å². The average molecular weight is 248 g/mol. The highest BCUT2D eigenvalue weighted by Gasteiger charge is 2.47. The van der Waals surface area contributed by atoms with E-state index in [1.54, 1.807) is 0 Å². The summed E-state index contributed by atoms with van der Waals surface area (Å²) in [6.45, 7) is 4.38. The first-order chi connectivity index (χ1) is 8.86. The van der Waals surface area contributed by atoms with Crippen LogP contribution in [0.15, 0.2) is 10.6 Å². The first-order valence-corrected chi connectivity index (χ1v) is 7.52. The Kier molecular flexibility index (Phi) is 3.69. The minimum absolute atomic E-state index is 0.674. The Morgan fingerprint density at radius 1 is 1.28 bits per heavy atom. The summed E-state index contributed by atoms with van der Waals surface area (Å²) in [6.07, 6.45) is 9.43. The zero-order valence-electron chi connectivity index (χ0n) is 11.3. The summed E-state index contributed by atoms with van der Waals surface area (Å²) < 4.78 is 5.90. The molecule has 0 amide bonds. The third-order valence-corrected chi connectivity index (χ3v) is 4.39. The highest BCUT2D eigenvalue weighted by Crippen LogP contribution is 2.57. The van der Waals surface area contributed by atoms with Gasteiger partial charge in [0.1, 0.15) is 5.76 Å². The number of aromatic nitrogens is 1. The molecule has 0 aromatic carbocycles. The summed E-state index contributed by atoms with van der Waals surface area (Å²) in [4.78, 5) is 4.42. The molecule has 0 aliphatic heterocycles. The lowest BCUT2D eigenvalue weighted by Gasteiger charge is -2.06. The molecule has 0 saturated heterocycles. The number of aryl methyl sites for hydroxylation is 1. The predicted molar refractivity (Wildman–Crippen MR) is 71.6 cm³/mol. The maximum absolute atomic E-state index is 5.90. The summed E-state index contributed by atoms with van der Waals surface area (Å²) in [5, 5.41) is 3.41. The van der Waals surface area contributed by atoms with E-state index in [2.05, 4.69) is 17.2 Å². The standard InChI is InChI=1S/C15H24N2O/c1-2-5-16-6-3-4-15-17-10-14(18-15)13-8-11-7-12(11)9-13/h10-13,16H,2-9H2,1H3. The second-order valence-corrected chi connectivity index (χ2v) is 5.93. The Labute approximate surface area is 109 Å². The van der Waals surface area contributed by atoms with Gasteiger partial charge in [-0.2, -0.15) is 0 Å². The summed E-state index contributed by atoms with van der Waals surface area (Å²) in [7, 11) is 0. The molecule has 1 aromatic heterocycles. The van der Waals surface area contributed by atoms with Gasteiger partial charge in [0.15, 0.2) is 5.89 Å². The number of hydrogen-bond donors (Lipinski definition) is 1. The molecular formula is C15H24N2O.